The number of guanidine groups is 1. The second-order valence-electron chi connectivity index (χ2n) is 4.43. The smallest absolute Gasteiger partial charge is 0.192 e. The maximum absolute atomic E-state index is 5.23. The van der Waals surface area contributed by atoms with Gasteiger partial charge in [-0.25, -0.2) is 0 Å². The lowest BCUT2D eigenvalue weighted by molar-refractivity contribution is 0.780. The summed E-state index contributed by atoms with van der Waals surface area (Å²) in [6.45, 7) is 5.12. The molecule has 116 valence electrons. The maximum atomic E-state index is 5.23. The Balaban J connectivity index is 0.00000400. The molecule has 1 rings (SSSR count). The number of hydrogen-bond donors (Lipinski definition) is 2. The minimum Gasteiger partial charge on any atom is -0.375 e. The van der Waals surface area contributed by atoms with E-state index in [0.717, 1.165) is 32.0 Å². The van der Waals surface area contributed by atoms with Gasteiger partial charge >= 0.3 is 0 Å². The zero-order valence-corrected chi connectivity index (χ0v) is 15.1. The summed E-state index contributed by atoms with van der Waals surface area (Å²) in [5.41, 5.74) is 1.23. The van der Waals surface area contributed by atoms with Crippen molar-refractivity contribution in [1.29, 1.82) is 0 Å². The van der Waals surface area contributed by atoms with Gasteiger partial charge in [-0.05, 0) is 25.5 Å². The summed E-state index contributed by atoms with van der Waals surface area (Å²) in [7, 11) is 2.10. The molecule has 21 heavy (non-hydrogen) atoms. The molecule has 0 unspecified atom stereocenters. The molecule has 0 fully saturated rings. The van der Waals surface area contributed by atoms with Crippen LogP contribution in [0.2, 0.25) is 0 Å². The summed E-state index contributed by atoms with van der Waals surface area (Å²) in [4.78, 5) is 6.72. The first-order valence-corrected chi connectivity index (χ1v) is 6.99. The van der Waals surface area contributed by atoms with Crippen LogP contribution in [0.3, 0.4) is 0 Å². The highest BCUT2D eigenvalue weighted by atomic mass is 127. The summed E-state index contributed by atoms with van der Waals surface area (Å²) >= 11 is 0. The van der Waals surface area contributed by atoms with Crippen LogP contribution in [0.25, 0.3) is 0 Å². The molecule has 0 aliphatic carbocycles. The molecular formula is C16H25IN4. The van der Waals surface area contributed by atoms with Crippen molar-refractivity contribution in [3.05, 3.63) is 30.3 Å². The largest absolute Gasteiger partial charge is 0.375 e. The minimum absolute atomic E-state index is 0. The number of halogens is 1. The third-order valence-electron chi connectivity index (χ3n) is 2.82. The van der Waals surface area contributed by atoms with Crippen LogP contribution in [0.4, 0.5) is 5.69 Å². The first-order chi connectivity index (χ1) is 9.77. The molecule has 0 atom stereocenters. The Kier molecular flexibility index (Phi) is 11.5. The average molecular weight is 400 g/mol. The molecule has 5 heteroatoms. The Labute approximate surface area is 145 Å². The molecule has 0 aliphatic rings. The maximum Gasteiger partial charge on any atom is 0.192 e. The predicted molar refractivity (Wildman–Crippen MR) is 103 cm³/mol. The molecule has 0 saturated heterocycles. The third-order valence-corrected chi connectivity index (χ3v) is 2.82. The SMILES string of the molecule is C#CCNC(=NCCCN(C)c1ccccc1)NCC.I. The van der Waals surface area contributed by atoms with Gasteiger partial charge in [0, 0.05) is 32.4 Å². The summed E-state index contributed by atoms with van der Waals surface area (Å²) < 4.78 is 0. The van der Waals surface area contributed by atoms with E-state index in [4.69, 9.17) is 6.42 Å². The third kappa shape index (κ3) is 8.45. The van der Waals surface area contributed by atoms with Crippen LogP contribution in [-0.2, 0) is 0 Å². The number of hydrogen-bond acceptors (Lipinski definition) is 2. The summed E-state index contributed by atoms with van der Waals surface area (Å²) in [6.07, 6.45) is 6.23. The molecule has 0 heterocycles. The van der Waals surface area contributed by atoms with Gasteiger partial charge < -0.3 is 15.5 Å². The monoisotopic (exact) mass is 400 g/mol. The van der Waals surface area contributed by atoms with E-state index in [9.17, 15) is 0 Å². The Morgan fingerprint density at radius 1 is 1.29 bits per heavy atom. The molecule has 0 radical (unpaired) electrons. The van der Waals surface area contributed by atoms with E-state index in [1.807, 2.05) is 13.0 Å². The molecule has 1 aromatic carbocycles. The lowest BCUT2D eigenvalue weighted by Gasteiger charge is -2.18. The van der Waals surface area contributed by atoms with E-state index in [1.54, 1.807) is 0 Å². The fourth-order valence-corrected chi connectivity index (χ4v) is 1.79. The molecule has 1 aromatic rings. The highest BCUT2D eigenvalue weighted by molar-refractivity contribution is 14.0. The van der Waals surface area contributed by atoms with Gasteiger partial charge in [0.2, 0.25) is 0 Å². The summed E-state index contributed by atoms with van der Waals surface area (Å²) in [5.74, 6) is 3.33. The highest BCUT2D eigenvalue weighted by Gasteiger charge is 1.99. The van der Waals surface area contributed by atoms with Gasteiger partial charge in [0.25, 0.3) is 0 Å². The van der Waals surface area contributed by atoms with Crippen molar-refractivity contribution >= 4 is 35.6 Å². The normalized spacial score (nSPS) is 10.2. The summed E-state index contributed by atoms with van der Waals surface area (Å²) in [5, 5.41) is 6.25. The van der Waals surface area contributed by atoms with E-state index in [0.29, 0.717) is 6.54 Å². The highest BCUT2D eigenvalue weighted by Crippen LogP contribution is 2.10. The number of para-hydroxylation sites is 1. The zero-order valence-electron chi connectivity index (χ0n) is 12.8. The second kappa shape index (κ2) is 12.3. The molecule has 2 N–H and O–H groups in total. The average Bonchev–Trinajstić information content (AvgIpc) is 2.49. The quantitative estimate of drug-likeness (QED) is 0.243. The van der Waals surface area contributed by atoms with Gasteiger partial charge in [-0.1, -0.05) is 24.1 Å². The van der Waals surface area contributed by atoms with E-state index in [1.165, 1.54) is 5.69 Å². The number of nitrogens with one attached hydrogen (secondary N) is 2. The van der Waals surface area contributed by atoms with E-state index in [-0.39, 0.29) is 24.0 Å². The number of benzene rings is 1. The van der Waals surface area contributed by atoms with Crippen molar-refractivity contribution in [2.24, 2.45) is 4.99 Å². The van der Waals surface area contributed by atoms with Crippen molar-refractivity contribution in [3.8, 4) is 12.3 Å². The molecule has 0 aromatic heterocycles. The van der Waals surface area contributed by atoms with Gasteiger partial charge in [-0.2, -0.15) is 0 Å². The van der Waals surface area contributed by atoms with Crippen molar-refractivity contribution in [2.75, 3.05) is 38.1 Å². The van der Waals surface area contributed by atoms with Gasteiger partial charge in [0.05, 0.1) is 6.54 Å². The summed E-state index contributed by atoms with van der Waals surface area (Å²) in [6, 6.07) is 10.4. The van der Waals surface area contributed by atoms with Gasteiger partial charge in [-0.3, -0.25) is 4.99 Å². The molecule has 0 saturated carbocycles. The number of terminal acetylenes is 1. The van der Waals surface area contributed by atoms with Gasteiger partial charge in [0.1, 0.15) is 0 Å². The second-order valence-corrected chi connectivity index (χ2v) is 4.43. The molecule has 0 amide bonds. The Hall–Kier alpha value is -1.42. The van der Waals surface area contributed by atoms with Crippen LogP contribution < -0.4 is 15.5 Å². The topological polar surface area (TPSA) is 39.7 Å². The molecular weight excluding hydrogens is 375 g/mol. The Bertz CT molecular complexity index is 439. The predicted octanol–water partition coefficient (Wildman–Crippen LogP) is 2.32. The lowest BCUT2D eigenvalue weighted by atomic mass is 10.3. The van der Waals surface area contributed by atoms with Crippen LogP contribution in [-0.4, -0.2) is 39.2 Å². The van der Waals surface area contributed by atoms with Crippen molar-refractivity contribution in [1.82, 2.24) is 10.6 Å². The fraction of sp³-hybridized carbons (Fsp3) is 0.438. The van der Waals surface area contributed by atoms with Crippen LogP contribution in [0.1, 0.15) is 13.3 Å². The molecule has 0 aliphatic heterocycles. The number of rotatable bonds is 7. The minimum atomic E-state index is 0. The number of aliphatic imine (C=N–C) groups is 1. The Morgan fingerprint density at radius 2 is 2.00 bits per heavy atom. The van der Waals surface area contributed by atoms with E-state index in [2.05, 4.69) is 57.8 Å². The lowest BCUT2D eigenvalue weighted by Crippen LogP contribution is -2.37. The van der Waals surface area contributed by atoms with Crippen molar-refractivity contribution < 1.29 is 0 Å². The first kappa shape index (κ1) is 19.6. The van der Waals surface area contributed by atoms with Gasteiger partial charge in [0.15, 0.2) is 5.96 Å². The van der Waals surface area contributed by atoms with Crippen LogP contribution in [0, 0.1) is 12.3 Å². The van der Waals surface area contributed by atoms with Crippen molar-refractivity contribution in [3.63, 3.8) is 0 Å². The molecule has 4 nitrogen and oxygen atoms in total. The van der Waals surface area contributed by atoms with E-state index >= 15 is 0 Å². The molecule has 0 spiro atoms. The van der Waals surface area contributed by atoms with Gasteiger partial charge in [-0.15, -0.1) is 30.4 Å². The number of nitrogens with zero attached hydrogens (tertiary/aromatic N) is 2. The standard InChI is InChI=1S/C16H24N4.HI/c1-4-12-18-16(17-5-2)19-13-9-14-20(3)15-10-7-6-8-11-15;/h1,6-8,10-11H,5,9,12-14H2,2-3H3,(H2,17,18,19);1H. The van der Waals surface area contributed by atoms with Crippen LogP contribution >= 0.6 is 24.0 Å². The fourth-order valence-electron chi connectivity index (χ4n) is 1.79. The van der Waals surface area contributed by atoms with Crippen LogP contribution in [0.15, 0.2) is 35.3 Å². The Morgan fingerprint density at radius 3 is 2.62 bits per heavy atom. The van der Waals surface area contributed by atoms with E-state index < -0.39 is 0 Å². The first-order valence-electron chi connectivity index (χ1n) is 6.99. The number of anilines is 1. The van der Waals surface area contributed by atoms with Crippen LogP contribution in [0.5, 0.6) is 0 Å². The zero-order chi connectivity index (χ0) is 14.6. The van der Waals surface area contributed by atoms with Crippen molar-refractivity contribution in [2.45, 2.75) is 13.3 Å². The molecule has 0 bridgehead atoms.